The van der Waals surface area contributed by atoms with Gasteiger partial charge in [-0.05, 0) is 43.0 Å². The highest BCUT2D eigenvalue weighted by atomic mass is 16.4. The van der Waals surface area contributed by atoms with E-state index >= 15 is 0 Å². The fourth-order valence-corrected chi connectivity index (χ4v) is 4.59. The molecule has 1 aliphatic heterocycles. The predicted octanol–water partition coefficient (Wildman–Crippen LogP) is 4.38. The first-order chi connectivity index (χ1) is 16.8. The first-order valence-electron chi connectivity index (χ1n) is 11.8. The zero-order valence-electron chi connectivity index (χ0n) is 20.2. The molecule has 9 heteroatoms. The van der Waals surface area contributed by atoms with E-state index in [9.17, 15) is 14.7 Å². The second-order valence-corrected chi connectivity index (χ2v) is 9.21. The molecule has 2 aromatic carbocycles. The molecule has 2 heterocycles. The van der Waals surface area contributed by atoms with Crippen LogP contribution < -0.4 is 16.0 Å². The monoisotopic (exact) mass is 476 g/mol. The van der Waals surface area contributed by atoms with Crippen molar-refractivity contribution in [2.45, 2.75) is 38.8 Å². The molecule has 35 heavy (non-hydrogen) atoms. The highest BCUT2D eigenvalue weighted by Gasteiger charge is 2.37. The van der Waals surface area contributed by atoms with Gasteiger partial charge in [-0.3, -0.25) is 4.79 Å². The summed E-state index contributed by atoms with van der Waals surface area (Å²) < 4.78 is 0. The number of hydrogen-bond acceptors (Lipinski definition) is 5. The summed E-state index contributed by atoms with van der Waals surface area (Å²) in [7, 11) is 1.97. The van der Waals surface area contributed by atoms with Crippen LogP contribution in [0.4, 0.5) is 21.9 Å². The molecule has 1 saturated heterocycles. The summed E-state index contributed by atoms with van der Waals surface area (Å²) in [6.45, 7) is 4.23. The minimum absolute atomic E-state index is 0.165. The summed E-state index contributed by atoms with van der Waals surface area (Å²) in [6.07, 6.45) is 2.16. The molecule has 0 spiro atoms. The highest BCUT2D eigenvalue weighted by Crippen LogP contribution is 2.35. The number of aromatic nitrogens is 2. The number of carboxylic acid groups (broad SMARTS) is 1. The molecule has 2 amide bonds. The Morgan fingerprint density at radius 3 is 2.66 bits per heavy atom. The van der Waals surface area contributed by atoms with Gasteiger partial charge in [0.05, 0.1) is 29.3 Å². The molecule has 5 N–H and O–H groups in total. The van der Waals surface area contributed by atoms with Crippen molar-refractivity contribution in [3.05, 3.63) is 60.6 Å². The molecule has 0 aliphatic carbocycles. The van der Waals surface area contributed by atoms with E-state index < -0.39 is 12.1 Å². The zero-order chi connectivity index (χ0) is 25.1. The maximum Gasteiger partial charge on any atom is 0.405 e. The summed E-state index contributed by atoms with van der Waals surface area (Å²) in [5.74, 6) is 0.308. The summed E-state index contributed by atoms with van der Waals surface area (Å²) in [6, 6.07) is 14.8. The lowest BCUT2D eigenvalue weighted by molar-refractivity contribution is -0.135. The molecular weight excluding hydrogens is 444 g/mol. The molecule has 2 atom stereocenters. The Bertz CT molecular complexity index is 1190. The number of anilines is 3. The largest absolute Gasteiger partial charge is 0.465 e. The average molecular weight is 477 g/mol. The summed E-state index contributed by atoms with van der Waals surface area (Å²) in [4.78, 5) is 36.2. The van der Waals surface area contributed by atoms with Gasteiger partial charge in [-0.1, -0.05) is 38.1 Å². The first-order valence-corrected chi connectivity index (χ1v) is 11.8. The second kappa shape index (κ2) is 10.1. The van der Waals surface area contributed by atoms with Crippen molar-refractivity contribution in [2.75, 3.05) is 24.2 Å². The summed E-state index contributed by atoms with van der Waals surface area (Å²) in [5, 5.41) is 11.6. The van der Waals surface area contributed by atoms with Gasteiger partial charge in [0, 0.05) is 24.8 Å². The van der Waals surface area contributed by atoms with Crippen LogP contribution in [-0.4, -0.2) is 51.6 Å². The van der Waals surface area contributed by atoms with Gasteiger partial charge >= 0.3 is 6.09 Å². The Labute approximate surface area is 205 Å². The molecule has 184 valence electrons. The van der Waals surface area contributed by atoms with Crippen molar-refractivity contribution in [1.82, 2.24) is 20.2 Å². The number of imidazole rings is 1. The Balaban J connectivity index is 1.58. The number of benzene rings is 2. The molecule has 0 radical (unpaired) electrons. The maximum atomic E-state index is 13.2. The van der Waals surface area contributed by atoms with Crippen molar-refractivity contribution in [1.29, 1.82) is 0 Å². The van der Waals surface area contributed by atoms with Crippen LogP contribution in [-0.2, 0) is 4.79 Å². The quantitative estimate of drug-likeness (QED) is 0.375. The summed E-state index contributed by atoms with van der Waals surface area (Å²) >= 11 is 0. The molecule has 9 nitrogen and oxygen atoms in total. The number of H-pyrrole nitrogens is 1. The van der Waals surface area contributed by atoms with Gasteiger partial charge in [0.1, 0.15) is 11.9 Å². The van der Waals surface area contributed by atoms with Gasteiger partial charge in [-0.2, -0.15) is 0 Å². The third-order valence-corrected chi connectivity index (χ3v) is 6.50. The zero-order valence-corrected chi connectivity index (χ0v) is 20.2. The van der Waals surface area contributed by atoms with E-state index in [1.165, 1.54) is 0 Å². The Hall–Kier alpha value is -4.01. The lowest BCUT2D eigenvalue weighted by Crippen LogP contribution is -2.50. The number of nitrogens with two attached hydrogens (primary N) is 1. The van der Waals surface area contributed by atoms with Crippen LogP contribution in [0.15, 0.2) is 54.7 Å². The van der Waals surface area contributed by atoms with E-state index in [4.69, 9.17) is 5.73 Å². The first kappa shape index (κ1) is 24.1. The van der Waals surface area contributed by atoms with Gasteiger partial charge in [0.25, 0.3) is 0 Å². The van der Waals surface area contributed by atoms with Crippen molar-refractivity contribution in [2.24, 2.45) is 5.92 Å². The highest BCUT2D eigenvalue weighted by molar-refractivity contribution is 5.86. The minimum Gasteiger partial charge on any atom is -0.465 e. The van der Waals surface area contributed by atoms with E-state index in [0.717, 1.165) is 35.5 Å². The molecule has 0 unspecified atom stereocenters. The molecule has 4 rings (SSSR count). The number of carbonyl (C=O) groups is 2. The van der Waals surface area contributed by atoms with E-state index in [0.29, 0.717) is 18.1 Å². The maximum absolute atomic E-state index is 13.2. The van der Waals surface area contributed by atoms with Gasteiger partial charge in [0.2, 0.25) is 5.91 Å². The molecule has 1 aromatic heterocycles. The van der Waals surface area contributed by atoms with Crippen molar-refractivity contribution >= 4 is 29.1 Å². The normalized spacial score (nSPS) is 16.3. The van der Waals surface area contributed by atoms with Gasteiger partial charge < -0.3 is 30.9 Å². The Morgan fingerprint density at radius 2 is 1.97 bits per heavy atom. The lowest BCUT2D eigenvalue weighted by Gasteiger charge is -2.29. The van der Waals surface area contributed by atoms with Crippen molar-refractivity contribution in [3.63, 3.8) is 0 Å². The smallest absolute Gasteiger partial charge is 0.405 e. The van der Waals surface area contributed by atoms with Crippen LogP contribution in [0.3, 0.4) is 0 Å². The number of hydrogen-bond donors (Lipinski definition) is 4. The third-order valence-electron chi connectivity index (χ3n) is 6.50. The minimum atomic E-state index is -1.20. The van der Waals surface area contributed by atoms with Crippen LogP contribution in [0.25, 0.3) is 11.3 Å². The fraction of sp³-hybridized carbons (Fsp3) is 0.346. The predicted molar refractivity (Wildman–Crippen MR) is 136 cm³/mol. The molecule has 1 aliphatic rings. The van der Waals surface area contributed by atoms with Crippen LogP contribution >= 0.6 is 0 Å². The SMILES string of the molecule is CC(C)[C@H](NC(=O)O)C(=O)N1CCC[C@H]1c1ncc(-c2ccc(N)c(N(C)c3ccccc3)c2)[nH]1. The van der Waals surface area contributed by atoms with Crippen molar-refractivity contribution < 1.29 is 14.7 Å². The number of amides is 2. The number of para-hydroxylation sites is 1. The van der Waals surface area contributed by atoms with Crippen LogP contribution in [0.1, 0.15) is 38.6 Å². The third kappa shape index (κ3) is 5.08. The number of carbonyl (C=O) groups excluding carboxylic acids is 1. The van der Waals surface area contributed by atoms with Crippen molar-refractivity contribution in [3.8, 4) is 11.3 Å². The number of rotatable bonds is 7. The van der Waals surface area contributed by atoms with Gasteiger partial charge in [0.15, 0.2) is 0 Å². The van der Waals surface area contributed by atoms with E-state index in [1.807, 2.05) is 74.3 Å². The van der Waals surface area contributed by atoms with Crippen LogP contribution in [0, 0.1) is 5.92 Å². The average Bonchev–Trinajstić information content (AvgIpc) is 3.52. The van der Waals surface area contributed by atoms with Gasteiger partial charge in [-0.25, -0.2) is 9.78 Å². The molecule has 0 saturated carbocycles. The van der Waals surface area contributed by atoms with E-state index in [2.05, 4.69) is 15.3 Å². The summed E-state index contributed by atoms with van der Waals surface area (Å²) in [5.41, 5.74) is 10.6. The number of aromatic amines is 1. The lowest BCUT2D eigenvalue weighted by atomic mass is 10.0. The number of nitrogen functional groups attached to an aromatic ring is 1. The molecule has 0 bridgehead atoms. The standard InChI is InChI=1S/C26H32N6O3/c1-16(2)23(30-26(34)35)25(33)32-13-7-10-21(32)24-28-15-20(29-24)17-11-12-19(27)22(14-17)31(3)18-8-5-4-6-9-18/h4-6,8-9,11-12,14-16,21,23,30H,7,10,13,27H2,1-3H3,(H,28,29)(H,34,35)/t21-,23-/m0/s1. The molecule has 1 fully saturated rings. The molecule has 3 aromatic rings. The Kier molecular flexibility index (Phi) is 6.95. The number of nitrogens with zero attached hydrogens (tertiary/aromatic N) is 3. The topological polar surface area (TPSA) is 128 Å². The van der Waals surface area contributed by atoms with Gasteiger partial charge in [-0.15, -0.1) is 0 Å². The van der Waals surface area contributed by atoms with E-state index in [-0.39, 0.29) is 17.9 Å². The Morgan fingerprint density at radius 1 is 1.23 bits per heavy atom. The number of nitrogens with one attached hydrogen (secondary N) is 2. The molecular formula is C26H32N6O3. The van der Waals surface area contributed by atoms with Crippen LogP contribution in [0.5, 0.6) is 0 Å². The van der Waals surface area contributed by atoms with E-state index in [1.54, 1.807) is 11.1 Å². The fourth-order valence-electron chi connectivity index (χ4n) is 4.59. The second-order valence-electron chi connectivity index (χ2n) is 9.21. The van der Waals surface area contributed by atoms with Crippen LogP contribution in [0.2, 0.25) is 0 Å². The number of likely N-dealkylation sites (tertiary alicyclic amines) is 1.